The quantitative estimate of drug-likeness (QED) is 0.166. The SMILES string of the molecule is CC1(C)c2cc(N(c3ccc4c(c3)C(C)(C)c3cc(-c5cccc6c5c5ccccc5n6-c5ccccc5)c5oc6ccccc6c5c3-4)c3ccccc3-c3ccccc3)ccc2-c2cc3c(cc21)-c1c(ccc2oc4ccccc4c12)C3(C)C. The lowest BCUT2D eigenvalue weighted by Crippen LogP contribution is -2.18. The maximum Gasteiger partial charge on any atom is 0.143 e. The number of hydrogen-bond donors (Lipinski definition) is 0. The van der Waals surface area contributed by atoms with E-state index >= 15 is 0 Å². The van der Waals surface area contributed by atoms with Gasteiger partial charge in [-0.15, -0.1) is 0 Å². The van der Waals surface area contributed by atoms with Crippen molar-refractivity contribution in [3.05, 3.63) is 276 Å². The molecule has 0 saturated heterocycles. The maximum absolute atomic E-state index is 7.17. The van der Waals surface area contributed by atoms with E-state index in [0.29, 0.717) is 0 Å². The van der Waals surface area contributed by atoms with Crippen LogP contribution in [0.1, 0.15) is 74.9 Å². The van der Waals surface area contributed by atoms with Crippen molar-refractivity contribution < 1.29 is 8.83 Å². The molecule has 0 unspecified atom stereocenters. The summed E-state index contributed by atoms with van der Waals surface area (Å²) in [6.07, 6.45) is 0. The van der Waals surface area contributed by atoms with Crippen LogP contribution in [0.5, 0.6) is 0 Å². The van der Waals surface area contributed by atoms with Crippen LogP contribution >= 0.6 is 0 Å². The van der Waals surface area contributed by atoms with Crippen molar-refractivity contribution in [2.75, 3.05) is 4.90 Å². The summed E-state index contributed by atoms with van der Waals surface area (Å²) in [7, 11) is 0. The van der Waals surface area contributed by atoms with Crippen LogP contribution < -0.4 is 4.90 Å². The number of anilines is 3. The number of nitrogens with zero attached hydrogens (tertiary/aromatic N) is 2. The average Bonchev–Trinajstić information content (AvgIpc) is 1.79. The average molecular weight is 1090 g/mol. The van der Waals surface area contributed by atoms with Gasteiger partial charge in [0.25, 0.3) is 0 Å². The van der Waals surface area contributed by atoms with E-state index in [9.17, 15) is 0 Å². The number of rotatable bonds is 6. The zero-order valence-electron chi connectivity index (χ0n) is 48.3. The monoisotopic (exact) mass is 1090 g/mol. The van der Waals surface area contributed by atoms with Crippen LogP contribution in [0, 0.1) is 0 Å². The third-order valence-corrected chi connectivity index (χ3v) is 20.0. The molecule has 3 aliphatic carbocycles. The molecule has 0 amide bonds. The zero-order chi connectivity index (χ0) is 56.8. The molecule has 0 N–H and O–H groups in total. The van der Waals surface area contributed by atoms with E-state index in [1.165, 1.54) is 116 Å². The highest BCUT2D eigenvalue weighted by Gasteiger charge is 2.44. The highest BCUT2D eigenvalue weighted by atomic mass is 16.3. The Bertz CT molecular complexity index is 5390. The third-order valence-electron chi connectivity index (χ3n) is 20.0. The second-order valence-electron chi connectivity index (χ2n) is 25.5. The van der Waals surface area contributed by atoms with Gasteiger partial charge in [0.1, 0.15) is 22.3 Å². The van der Waals surface area contributed by atoms with Gasteiger partial charge in [0, 0.05) is 76.8 Å². The molecule has 0 spiro atoms. The molecule has 4 heteroatoms. The minimum atomic E-state index is -0.402. The molecule has 0 bridgehead atoms. The molecule has 85 heavy (non-hydrogen) atoms. The van der Waals surface area contributed by atoms with Gasteiger partial charge in [-0.05, 0) is 169 Å². The van der Waals surface area contributed by atoms with Gasteiger partial charge in [0.2, 0.25) is 0 Å². The number of benzene rings is 12. The van der Waals surface area contributed by atoms with Crippen LogP contribution in [0.2, 0.25) is 0 Å². The Balaban J connectivity index is 0.826. The van der Waals surface area contributed by atoms with Gasteiger partial charge in [0.15, 0.2) is 0 Å². The van der Waals surface area contributed by atoms with Gasteiger partial charge in [-0.1, -0.05) is 193 Å². The second-order valence-corrected chi connectivity index (χ2v) is 25.5. The first-order valence-electron chi connectivity index (χ1n) is 29.9. The van der Waals surface area contributed by atoms with Crippen LogP contribution in [0.15, 0.2) is 251 Å². The van der Waals surface area contributed by atoms with Gasteiger partial charge < -0.3 is 18.3 Å². The van der Waals surface area contributed by atoms with Crippen molar-refractivity contribution in [1.82, 2.24) is 4.57 Å². The predicted octanol–water partition coefficient (Wildman–Crippen LogP) is 22.3. The predicted molar refractivity (Wildman–Crippen MR) is 354 cm³/mol. The highest BCUT2D eigenvalue weighted by Crippen LogP contribution is 2.61. The summed E-state index contributed by atoms with van der Waals surface area (Å²) in [6, 6.07) is 89.9. The van der Waals surface area contributed by atoms with Crippen molar-refractivity contribution in [3.8, 4) is 61.3 Å². The van der Waals surface area contributed by atoms with E-state index in [-0.39, 0.29) is 10.8 Å². The van der Waals surface area contributed by atoms with Crippen molar-refractivity contribution in [1.29, 1.82) is 0 Å². The van der Waals surface area contributed by atoms with Crippen LogP contribution in [0.3, 0.4) is 0 Å². The molecule has 3 aliphatic rings. The summed E-state index contributed by atoms with van der Waals surface area (Å²) in [4.78, 5) is 2.53. The molecular formula is C81H58N2O2. The fraction of sp³-hybridized carbons (Fsp3) is 0.111. The first-order chi connectivity index (χ1) is 41.4. The summed E-state index contributed by atoms with van der Waals surface area (Å²) in [5, 5.41) is 7.11. The molecule has 12 aromatic carbocycles. The van der Waals surface area contributed by atoms with Crippen LogP contribution in [-0.2, 0) is 16.2 Å². The minimum absolute atomic E-state index is 0.200. The first-order valence-corrected chi connectivity index (χ1v) is 29.9. The van der Waals surface area contributed by atoms with Crippen LogP contribution in [0.25, 0.3) is 127 Å². The van der Waals surface area contributed by atoms with Gasteiger partial charge in [0.05, 0.1) is 16.7 Å². The van der Waals surface area contributed by atoms with E-state index < -0.39 is 5.41 Å². The Kier molecular flexibility index (Phi) is 9.67. The van der Waals surface area contributed by atoms with E-state index in [1.54, 1.807) is 0 Å². The van der Waals surface area contributed by atoms with Gasteiger partial charge in [-0.3, -0.25) is 0 Å². The molecule has 0 aliphatic heterocycles. The van der Waals surface area contributed by atoms with Crippen molar-refractivity contribution >= 4 is 82.7 Å². The number of para-hydroxylation sites is 5. The molecule has 3 heterocycles. The molecule has 4 nitrogen and oxygen atoms in total. The first kappa shape index (κ1) is 48.4. The number of hydrogen-bond acceptors (Lipinski definition) is 3. The zero-order valence-corrected chi connectivity index (χ0v) is 48.3. The number of furan rings is 2. The molecule has 0 saturated carbocycles. The molecule has 0 atom stereocenters. The van der Waals surface area contributed by atoms with Gasteiger partial charge in [-0.25, -0.2) is 0 Å². The van der Waals surface area contributed by atoms with Gasteiger partial charge in [-0.2, -0.15) is 0 Å². The van der Waals surface area contributed by atoms with Crippen LogP contribution in [-0.4, -0.2) is 4.57 Å². The molecule has 3 aromatic heterocycles. The molecule has 18 rings (SSSR count). The summed E-state index contributed by atoms with van der Waals surface area (Å²) in [6.45, 7) is 14.5. The molecular weight excluding hydrogens is 1030 g/mol. The van der Waals surface area contributed by atoms with Crippen LogP contribution in [0.4, 0.5) is 17.1 Å². The van der Waals surface area contributed by atoms with E-state index in [1.807, 2.05) is 0 Å². The van der Waals surface area contributed by atoms with E-state index in [0.717, 1.165) is 61.6 Å². The summed E-state index contributed by atoms with van der Waals surface area (Å²) >= 11 is 0. The lowest BCUT2D eigenvalue weighted by Gasteiger charge is -2.31. The summed E-state index contributed by atoms with van der Waals surface area (Å²) in [5.41, 5.74) is 29.9. The normalized spacial score (nSPS) is 14.8. The Morgan fingerprint density at radius 2 is 0.859 bits per heavy atom. The Labute approximate surface area is 493 Å². The van der Waals surface area contributed by atoms with Crippen molar-refractivity contribution in [3.63, 3.8) is 0 Å². The fourth-order valence-electron chi connectivity index (χ4n) is 15.9. The Hall–Kier alpha value is -10.2. The standard InChI is InChI=1S/C81H58N2O2/c1-79(2)61-40-41-72-76(56-28-15-19-34-70(56)84-72)75(61)60-46-64-58(44-65(60)79)52-38-36-49(42-62(52)80(64,3)4)82(67-31-17-13-26-51(67)47-22-9-7-10-23-47)50-37-39-54-63(43-50)81(5,6)66-45-59(78-77(74(54)66)57-29-16-20-35-71(57)85-78)53-30-21-33-69-73(53)55-27-14-18-32-68(55)83(69)48-24-11-8-12-25-48/h7-46H,1-6H3. The second kappa shape index (κ2) is 17.0. The topological polar surface area (TPSA) is 34.5 Å². The van der Waals surface area contributed by atoms with Crippen molar-refractivity contribution in [2.24, 2.45) is 0 Å². The largest absolute Gasteiger partial charge is 0.456 e. The van der Waals surface area contributed by atoms with Gasteiger partial charge >= 0.3 is 0 Å². The fourth-order valence-corrected chi connectivity index (χ4v) is 15.9. The van der Waals surface area contributed by atoms with Crippen molar-refractivity contribution in [2.45, 2.75) is 57.8 Å². The minimum Gasteiger partial charge on any atom is -0.456 e. The third kappa shape index (κ3) is 6.46. The molecule has 15 aromatic rings. The lowest BCUT2D eigenvalue weighted by molar-refractivity contribution is 0.651. The molecule has 0 fully saturated rings. The molecule has 0 radical (unpaired) electrons. The van der Waals surface area contributed by atoms with E-state index in [4.69, 9.17) is 8.83 Å². The Morgan fingerprint density at radius 1 is 0.318 bits per heavy atom. The summed E-state index contributed by atoms with van der Waals surface area (Å²) in [5.74, 6) is 0. The number of fused-ring (bicyclic) bond motifs is 20. The number of aromatic nitrogens is 1. The summed E-state index contributed by atoms with van der Waals surface area (Å²) < 4.78 is 16.1. The highest BCUT2D eigenvalue weighted by molar-refractivity contribution is 6.23. The lowest BCUT2D eigenvalue weighted by atomic mass is 9.79. The maximum atomic E-state index is 7.17. The molecule has 404 valence electrons. The van der Waals surface area contributed by atoms with E-state index in [2.05, 4.69) is 294 Å². The Morgan fingerprint density at radius 3 is 1.64 bits per heavy atom. The smallest absolute Gasteiger partial charge is 0.143 e.